The topological polar surface area (TPSA) is 64.8 Å². The fourth-order valence-corrected chi connectivity index (χ4v) is 2.95. The Morgan fingerprint density at radius 3 is 2.90 bits per heavy atom. The highest BCUT2D eigenvalue weighted by atomic mass is 16.6. The Labute approximate surface area is 118 Å². The fourth-order valence-electron chi connectivity index (χ4n) is 2.95. The summed E-state index contributed by atoms with van der Waals surface area (Å²) in [5.74, 6) is 1.72. The molecule has 1 aromatic rings. The molecule has 2 heterocycles. The van der Waals surface area contributed by atoms with Crippen LogP contribution in [-0.2, 0) is 4.79 Å². The van der Waals surface area contributed by atoms with Gasteiger partial charge in [-0.3, -0.25) is 4.79 Å². The molecule has 2 N–H and O–H groups in total. The first kappa shape index (κ1) is 13.2. The van der Waals surface area contributed by atoms with Crippen molar-refractivity contribution in [3.05, 3.63) is 23.8 Å². The Bertz CT molecular complexity index is 504. The number of likely N-dealkylation sites (tertiary alicyclic amines) is 1. The van der Waals surface area contributed by atoms with Crippen molar-refractivity contribution >= 4 is 5.91 Å². The van der Waals surface area contributed by atoms with Crippen LogP contribution in [0, 0.1) is 0 Å². The molecule has 0 bridgehead atoms. The van der Waals surface area contributed by atoms with Gasteiger partial charge in [-0.05, 0) is 30.5 Å². The molecule has 0 aromatic heterocycles. The molecule has 20 heavy (non-hydrogen) atoms. The summed E-state index contributed by atoms with van der Waals surface area (Å²) in [6.45, 7) is 2.40. The zero-order valence-corrected chi connectivity index (χ0v) is 11.5. The van der Waals surface area contributed by atoms with Crippen LogP contribution in [0.3, 0.4) is 0 Å². The number of hydrogen-bond acceptors (Lipinski definition) is 4. The van der Waals surface area contributed by atoms with Crippen LogP contribution in [0.1, 0.15) is 30.9 Å². The molecular formula is C15H20N2O3. The highest BCUT2D eigenvalue weighted by Gasteiger charge is 2.30. The molecule has 1 unspecified atom stereocenters. The Balaban J connectivity index is 1.82. The molecule has 1 saturated heterocycles. The van der Waals surface area contributed by atoms with Crippen LogP contribution >= 0.6 is 0 Å². The van der Waals surface area contributed by atoms with Gasteiger partial charge in [-0.2, -0.15) is 0 Å². The maximum Gasteiger partial charge on any atom is 0.224 e. The first-order valence-electron chi connectivity index (χ1n) is 7.18. The summed E-state index contributed by atoms with van der Waals surface area (Å²) in [6, 6.07) is 6.12. The van der Waals surface area contributed by atoms with Crippen molar-refractivity contribution < 1.29 is 14.3 Å². The Hall–Kier alpha value is -1.75. The van der Waals surface area contributed by atoms with Gasteiger partial charge in [-0.1, -0.05) is 6.07 Å². The van der Waals surface area contributed by atoms with Crippen LogP contribution in [0.25, 0.3) is 0 Å². The van der Waals surface area contributed by atoms with E-state index >= 15 is 0 Å². The van der Waals surface area contributed by atoms with E-state index in [1.165, 1.54) is 0 Å². The minimum atomic E-state index is 0.143. The van der Waals surface area contributed by atoms with Crippen molar-refractivity contribution in [2.45, 2.75) is 25.3 Å². The molecule has 2 aliphatic heterocycles. The van der Waals surface area contributed by atoms with E-state index in [1.54, 1.807) is 0 Å². The Kier molecular flexibility index (Phi) is 3.78. The van der Waals surface area contributed by atoms with Crippen molar-refractivity contribution in [3.63, 3.8) is 0 Å². The van der Waals surface area contributed by atoms with Crippen LogP contribution < -0.4 is 15.2 Å². The van der Waals surface area contributed by atoms with E-state index < -0.39 is 0 Å². The highest BCUT2D eigenvalue weighted by molar-refractivity contribution is 5.77. The summed E-state index contributed by atoms with van der Waals surface area (Å²) in [5.41, 5.74) is 6.61. The molecule has 0 saturated carbocycles. The second kappa shape index (κ2) is 5.71. The molecule has 1 fully saturated rings. The van der Waals surface area contributed by atoms with E-state index in [-0.39, 0.29) is 11.9 Å². The van der Waals surface area contributed by atoms with Crippen molar-refractivity contribution in [1.82, 2.24) is 4.90 Å². The molecule has 5 nitrogen and oxygen atoms in total. The van der Waals surface area contributed by atoms with Gasteiger partial charge in [0, 0.05) is 19.5 Å². The van der Waals surface area contributed by atoms with Gasteiger partial charge in [0.2, 0.25) is 5.91 Å². The molecule has 0 aliphatic carbocycles. The monoisotopic (exact) mass is 276 g/mol. The van der Waals surface area contributed by atoms with E-state index in [4.69, 9.17) is 15.2 Å². The van der Waals surface area contributed by atoms with Gasteiger partial charge in [0.05, 0.1) is 6.04 Å². The van der Waals surface area contributed by atoms with Crippen LogP contribution in [0.5, 0.6) is 11.5 Å². The third-order valence-corrected chi connectivity index (χ3v) is 3.88. The third kappa shape index (κ3) is 2.45. The Morgan fingerprint density at radius 1 is 1.30 bits per heavy atom. The molecule has 1 aromatic carbocycles. The number of nitrogens with zero attached hydrogens (tertiary/aromatic N) is 1. The van der Waals surface area contributed by atoms with E-state index in [2.05, 4.69) is 0 Å². The van der Waals surface area contributed by atoms with Gasteiger partial charge in [0.25, 0.3) is 0 Å². The molecule has 3 rings (SSSR count). The van der Waals surface area contributed by atoms with Crippen LogP contribution in [0.15, 0.2) is 18.2 Å². The summed E-state index contributed by atoms with van der Waals surface area (Å²) >= 11 is 0. The zero-order valence-electron chi connectivity index (χ0n) is 11.5. The van der Waals surface area contributed by atoms with Gasteiger partial charge in [0.1, 0.15) is 13.2 Å². The standard InChI is InChI=1S/C15H20N2O3/c16-6-5-15(18)17-7-1-2-12(17)11-3-4-13-14(10-11)20-9-8-19-13/h3-4,10,12H,1-2,5-9,16H2. The average molecular weight is 276 g/mol. The lowest BCUT2D eigenvalue weighted by atomic mass is 10.0. The number of ether oxygens (including phenoxy) is 2. The van der Waals surface area contributed by atoms with Gasteiger partial charge in [0.15, 0.2) is 11.5 Å². The molecular weight excluding hydrogens is 256 g/mol. The minimum Gasteiger partial charge on any atom is -0.486 e. The van der Waals surface area contributed by atoms with Crippen LogP contribution in [0.4, 0.5) is 0 Å². The van der Waals surface area contributed by atoms with Crippen molar-refractivity contribution in [2.24, 2.45) is 5.73 Å². The van der Waals surface area contributed by atoms with Gasteiger partial charge in [-0.25, -0.2) is 0 Å². The fraction of sp³-hybridized carbons (Fsp3) is 0.533. The molecule has 5 heteroatoms. The lowest BCUT2D eigenvalue weighted by Crippen LogP contribution is -2.32. The third-order valence-electron chi connectivity index (χ3n) is 3.88. The number of amides is 1. The largest absolute Gasteiger partial charge is 0.486 e. The van der Waals surface area contributed by atoms with E-state index in [9.17, 15) is 4.79 Å². The smallest absolute Gasteiger partial charge is 0.224 e. The average Bonchev–Trinajstić information content (AvgIpc) is 2.96. The Morgan fingerprint density at radius 2 is 2.10 bits per heavy atom. The minimum absolute atomic E-state index is 0.143. The first-order chi connectivity index (χ1) is 9.79. The lowest BCUT2D eigenvalue weighted by Gasteiger charge is -2.26. The molecule has 108 valence electrons. The molecule has 1 amide bonds. The second-order valence-electron chi connectivity index (χ2n) is 5.19. The zero-order chi connectivity index (χ0) is 13.9. The summed E-state index contributed by atoms with van der Waals surface area (Å²) in [5, 5.41) is 0. The van der Waals surface area contributed by atoms with Gasteiger partial charge < -0.3 is 20.1 Å². The SMILES string of the molecule is NCCC(=O)N1CCCC1c1ccc2c(c1)OCCO2. The first-order valence-corrected chi connectivity index (χ1v) is 7.18. The van der Waals surface area contributed by atoms with Crippen molar-refractivity contribution in [3.8, 4) is 11.5 Å². The number of carbonyl (C=O) groups is 1. The maximum absolute atomic E-state index is 12.1. The molecule has 1 atom stereocenters. The summed E-state index contributed by atoms with van der Waals surface area (Å²) < 4.78 is 11.2. The number of carbonyl (C=O) groups excluding carboxylic acids is 1. The van der Waals surface area contributed by atoms with Crippen LogP contribution in [-0.4, -0.2) is 37.1 Å². The van der Waals surface area contributed by atoms with Crippen molar-refractivity contribution in [1.29, 1.82) is 0 Å². The number of benzene rings is 1. The predicted molar refractivity (Wildman–Crippen MR) is 74.8 cm³/mol. The summed E-state index contributed by atoms with van der Waals surface area (Å²) in [6.07, 6.45) is 2.45. The highest BCUT2D eigenvalue weighted by Crippen LogP contribution is 2.38. The number of nitrogens with two attached hydrogens (primary N) is 1. The number of fused-ring (bicyclic) bond motifs is 1. The summed E-state index contributed by atoms with van der Waals surface area (Å²) in [4.78, 5) is 14.1. The van der Waals surface area contributed by atoms with E-state index in [1.807, 2.05) is 23.1 Å². The van der Waals surface area contributed by atoms with Crippen LogP contribution in [0.2, 0.25) is 0 Å². The molecule has 2 aliphatic rings. The normalized spacial score (nSPS) is 21.1. The van der Waals surface area contributed by atoms with E-state index in [0.717, 1.165) is 36.4 Å². The van der Waals surface area contributed by atoms with Gasteiger partial charge >= 0.3 is 0 Å². The quantitative estimate of drug-likeness (QED) is 0.908. The lowest BCUT2D eigenvalue weighted by molar-refractivity contribution is -0.131. The number of rotatable bonds is 3. The predicted octanol–water partition coefficient (Wildman–Crippen LogP) is 1.47. The maximum atomic E-state index is 12.1. The second-order valence-corrected chi connectivity index (χ2v) is 5.19. The van der Waals surface area contributed by atoms with Gasteiger partial charge in [-0.15, -0.1) is 0 Å². The van der Waals surface area contributed by atoms with Crippen molar-refractivity contribution in [2.75, 3.05) is 26.3 Å². The molecule has 0 radical (unpaired) electrons. The van der Waals surface area contributed by atoms with E-state index in [0.29, 0.717) is 26.2 Å². The summed E-state index contributed by atoms with van der Waals surface area (Å²) in [7, 11) is 0. The number of hydrogen-bond donors (Lipinski definition) is 1. The molecule has 0 spiro atoms.